The number of benzene rings is 3. The lowest BCUT2D eigenvalue weighted by Crippen LogP contribution is -2.15. The van der Waals surface area contributed by atoms with Gasteiger partial charge in [-0.2, -0.15) is 0 Å². The lowest BCUT2D eigenvalue weighted by atomic mass is 9.99. The first-order valence-electron chi connectivity index (χ1n) is 8.88. The molecule has 0 bridgehead atoms. The first-order chi connectivity index (χ1) is 13.7. The van der Waals surface area contributed by atoms with Crippen LogP contribution >= 0.6 is 0 Å². The molecule has 0 aromatic heterocycles. The van der Waals surface area contributed by atoms with Gasteiger partial charge in [-0.25, -0.2) is 12.8 Å². The molecule has 0 amide bonds. The van der Waals surface area contributed by atoms with E-state index in [0.29, 0.717) is 12.2 Å². The summed E-state index contributed by atoms with van der Waals surface area (Å²) in [6, 6.07) is 18.5. The molecule has 3 aromatic carbocycles. The number of rotatable bonds is 7. The minimum Gasteiger partial charge on any atom is -0.480 e. The van der Waals surface area contributed by atoms with Crippen molar-refractivity contribution in [2.45, 2.75) is 18.4 Å². The zero-order valence-corrected chi connectivity index (χ0v) is 16.5. The molecule has 5 nitrogen and oxygen atoms in total. The van der Waals surface area contributed by atoms with Crippen LogP contribution in [0.25, 0.3) is 11.1 Å². The first-order valence-corrected chi connectivity index (χ1v) is 10.5. The van der Waals surface area contributed by atoms with E-state index < -0.39 is 21.6 Å². The van der Waals surface area contributed by atoms with Crippen molar-refractivity contribution in [1.29, 1.82) is 0 Å². The molecular formula is C22H20FNO4S. The molecule has 0 aliphatic heterocycles. The van der Waals surface area contributed by atoms with E-state index in [1.54, 1.807) is 18.2 Å². The van der Waals surface area contributed by atoms with E-state index >= 15 is 0 Å². The summed E-state index contributed by atoms with van der Waals surface area (Å²) in [5.41, 5.74) is 4.52. The number of carboxylic acids is 1. The van der Waals surface area contributed by atoms with Gasteiger partial charge in [-0.15, -0.1) is 0 Å². The van der Waals surface area contributed by atoms with Crippen molar-refractivity contribution < 1.29 is 22.7 Å². The fourth-order valence-corrected chi connectivity index (χ4v) is 4.07. The number of sulfone groups is 1. The molecule has 7 heteroatoms. The molecule has 2 N–H and O–H groups in total. The number of aryl methyl sites for hydroxylation is 1. The molecule has 0 atom stereocenters. The number of carboxylic acid groups (broad SMARTS) is 1. The fraction of sp³-hybridized carbons (Fsp3) is 0.136. The Kier molecular flexibility index (Phi) is 5.98. The van der Waals surface area contributed by atoms with Crippen molar-refractivity contribution in [1.82, 2.24) is 0 Å². The number of hydrogen-bond donors (Lipinski definition) is 2. The zero-order valence-electron chi connectivity index (χ0n) is 15.7. The number of anilines is 1. The van der Waals surface area contributed by atoms with Crippen molar-refractivity contribution in [2.75, 3.05) is 11.1 Å². The van der Waals surface area contributed by atoms with Crippen molar-refractivity contribution >= 4 is 21.5 Å². The van der Waals surface area contributed by atoms with E-state index in [1.165, 1.54) is 24.3 Å². The van der Waals surface area contributed by atoms with Gasteiger partial charge in [0.2, 0.25) is 0 Å². The van der Waals surface area contributed by atoms with E-state index in [9.17, 15) is 17.6 Å². The Balaban J connectivity index is 1.71. The van der Waals surface area contributed by atoms with Crippen LogP contribution in [0.4, 0.5) is 10.1 Å². The Labute approximate surface area is 168 Å². The largest absolute Gasteiger partial charge is 0.480 e. The van der Waals surface area contributed by atoms with Crippen LogP contribution in [0.2, 0.25) is 0 Å². The summed E-state index contributed by atoms with van der Waals surface area (Å²) in [7, 11) is -3.84. The van der Waals surface area contributed by atoms with E-state index in [4.69, 9.17) is 5.11 Å². The van der Waals surface area contributed by atoms with Crippen LogP contribution in [0, 0.1) is 12.7 Å². The second-order valence-electron chi connectivity index (χ2n) is 6.69. The maximum atomic E-state index is 13.3. The molecular weight excluding hydrogens is 393 g/mol. The van der Waals surface area contributed by atoms with Gasteiger partial charge in [-0.1, -0.05) is 24.3 Å². The lowest BCUT2D eigenvalue weighted by molar-refractivity contribution is -0.134. The van der Waals surface area contributed by atoms with Crippen LogP contribution in [0.3, 0.4) is 0 Å². The fourth-order valence-electron chi connectivity index (χ4n) is 3.03. The van der Waals surface area contributed by atoms with Crippen LogP contribution in [0.15, 0.2) is 71.6 Å². The third kappa shape index (κ3) is 5.20. The number of hydrogen-bond acceptors (Lipinski definition) is 4. The summed E-state index contributed by atoms with van der Waals surface area (Å²) >= 11 is 0. The molecule has 0 heterocycles. The van der Waals surface area contributed by atoms with Gasteiger partial charge in [0.15, 0.2) is 15.6 Å². The van der Waals surface area contributed by atoms with Crippen LogP contribution in [-0.4, -0.2) is 25.2 Å². The third-order valence-electron chi connectivity index (χ3n) is 4.45. The summed E-state index contributed by atoms with van der Waals surface area (Å²) in [4.78, 5) is 10.6. The highest BCUT2D eigenvalue weighted by atomic mass is 32.2. The molecule has 3 aromatic rings. The molecule has 0 spiro atoms. The molecule has 0 unspecified atom stereocenters. The van der Waals surface area contributed by atoms with Gasteiger partial charge in [0.05, 0.1) is 4.90 Å². The number of halogens is 1. The Hall–Kier alpha value is -3.19. The van der Waals surface area contributed by atoms with Gasteiger partial charge < -0.3 is 10.4 Å². The molecule has 0 saturated carbocycles. The normalized spacial score (nSPS) is 11.2. The second-order valence-corrected chi connectivity index (χ2v) is 8.68. The summed E-state index contributed by atoms with van der Waals surface area (Å²) < 4.78 is 37.2. The van der Waals surface area contributed by atoms with Gasteiger partial charge >= 0.3 is 5.97 Å². The Morgan fingerprint density at radius 2 is 1.76 bits per heavy atom. The van der Waals surface area contributed by atoms with Crippen molar-refractivity contribution in [3.05, 3.63) is 83.7 Å². The van der Waals surface area contributed by atoms with Gasteiger partial charge in [0.25, 0.3) is 0 Å². The highest BCUT2D eigenvalue weighted by Gasteiger charge is 2.18. The average molecular weight is 413 g/mol. The van der Waals surface area contributed by atoms with Gasteiger partial charge in [0.1, 0.15) is 5.82 Å². The van der Waals surface area contributed by atoms with Gasteiger partial charge in [0, 0.05) is 12.2 Å². The predicted octanol–water partition coefficient (Wildman–Crippen LogP) is 4.27. The van der Waals surface area contributed by atoms with Gasteiger partial charge in [-0.05, 0) is 71.6 Å². The Morgan fingerprint density at radius 1 is 1.03 bits per heavy atom. The average Bonchev–Trinajstić information content (AvgIpc) is 2.66. The minimum absolute atomic E-state index is 0.0285. The van der Waals surface area contributed by atoms with E-state index in [2.05, 4.69) is 5.32 Å². The summed E-state index contributed by atoms with van der Waals surface area (Å²) in [6.45, 7) is 2.37. The standard InChI is InChI=1S/C22H20FNO4S/c1-15-11-18(23)5-10-21(15)17-4-2-3-16(12-17)13-24-19-6-8-20(9-7-19)29(27,28)14-22(25)26/h2-12,24H,13-14H2,1H3,(H,25,26). The molecule has 29 heavy (non-hydrogen) atoms. The van der Waals surface area contributed by atoms with Crippen molar-refractivity contribution in [2.24, 2.45) is 0 Å². The third-order valence-corrected chi connectivity index (χ3v) is 6.07. The number of nitrogens with one attached hydrogen (secondary N) is 1. The summed E-state index contributed by atoms with van der Waals surface area (Å²) in [5, 5.41) is 11.9. The SMILES string of the molecule is Cc1cc(F)ccc1-c1cccc(CNc2ccc(S(=O)(=O)CC(=O)O)cc2)c1. The molecule has 0 aliphatic rings. The Morgan fingerprint density at radius 3 is 2.41 bits per heavy atom. The Bertz CT molecular complexity index is 1140. The molecule has 0 radical (unpaired) electrons. The second kappa shape index (κ2) is 8.45. The highest BCUT2D eigenvalue weighted by molar-refractivity contribution is 7.92. The zero-order chi connectivity index (χ0) is 21.0. The van der Waals surface area contributed by atoms with E-state index in [0.717, 1.165) is 22.3 Å². The maximum absolute atomic E-state index is 13.3. The number of aliphatic carboxylic acids is 1. The lowest BCUT2D eigenvalue weighted by Gasteiger charge is -2.11. The van der Waals surface area contributed by atoms with Crippen LogP contribution in [-0.2, 0) is 21.2 Å². The van der Waals surface area contributed by atoms with Crippen LogP contribution in [0.5, 0.6) is 0 Å². The predicted molar refractivity (Wildman–Crippen MR) is 110 cm³/mol. The first kappa shape index (κ1) is 20.5. The molecule has 0 saturated heterocycles. The topological polar surface area (TPSA) is 83.5 Å². The summed E-state index contributed by atoms with van der Waals surface area (Å²) in [5.74, 6) is -2.59. The van der Waals surface area contributed by atoms with Crippen molar-refractivity contribution in [3.8, 4) is 11.1 Å². The monoisotopic (exact) mass is 413 g/mol. The molecule has 150 valence electrons. The van der Waals surface area contributed by atoms with E-state index in [-0.39, 0.29) is 10.7 Å². The number of carbonyl (C=O) groups is 1. The van der Waals surface area contributed by atoms with Gasteiger partial charge in [-0.3, -0.25) is 4.79 Å². The van der Waals surface area contributed by atoms with E-state index in [1.807, 2.05) is 31.2 Å². The molecule has 3 rings (SSSR count). The van der Waals surface area contributed by atoms with Crippen LogP contribution in [0.1, 0.15) is 11.1 Å². The highest BCUT2D eigenvalue weighted by Crippen LogP contribution is 2.25. The van der Waals surface area contributed by atoms with Crippen molar-refractivity contribution in [3.63, 3.8) is 0 Å². The minimum atomic E-state index is -3.84. The molecule has 0 aliphatic carbocycles. The maximum Gasteiger partial charge on any atom is 0.319 e. The molecule has 0 fully saturated rings. The smallest absolute Gasteiger partial charge is 0.319 e. The quantitative estimate of drug-likeness (QED) is 0.604. The summed E-state index contributed by atoms with van der Waals surface area (Å²) in [6.07, 6.45) is 0. The van der Waals surface area contributed by atoms with Crippen LogP contribution < -0.4 is 5.32 Å².